The van der Waals surface area contributed by atoms with Crippen molar-refractivity contribution in [2.24, 2.45) is 5.92 Å². The minimum atomic E-state index is -0.283. The Labute approximate surface area is 126 Å². The van der Waals surface area contributed by atoms with E-state index in [-0.39, 0.29) is 17.3 Å². The van der Waals surface area contributed by atoms with Crippen molar-refractivity contribution in [2.45, 2.75) is 46.1 Å². The number of benzene rings is 1. The molecule has 1 N–H and O–H groups in total. The van der Waals surface area contributed by atoms with Crippen LogP contribution in [0.4, 0.5) is 10.1 Å². The van der Waals surface area contributed by atoms with Gasteiger partial charge in [0, 0.05) is 24.2 Å². The number of rotatable bonds is 4. The first kappa shape index (κ1) is 16.0. The van der Waals surface area contributed by atoms with E-state index in [4.69, 9.17) is 0 Å². The van der Waals surface area contributed by atoms with Crippen LogP contribution in [0.5, 0.6) is 0 Å². The van der Waals surface area contributed by atoms with Gasteiger partial charge in [-0.25, -0.2) is 4.39 Å². The van der Waals surface area contributed by atoms with Crippen molar-refractivity contribution in [3.63, 3.8) is 0 Å². The zero-order chi connectivity index (χ0) is 15.6. The average Bonchev–Trinajstić information content (AvgIpc) is 2.39. The van der Waals surface area contributed by atoms with Crippen LogP contribution in [0.25, 0.3) is 0 Å². The second-order valence-electron chi connectivity index (χ2n) is 7.01. The number of amides is 1. The molecular formula is C17H25FN2O. The molecule has 0 radical (unpaired) electrons. The second-order valence-corrected chi connectivity index (χ2v) is 7.01. The van der Waals surface area contributed by atoms with Gasteiger partial charge in [0.05, 0.1) is 0 Å². The number of fused-ring (bicyclic) bond motifs is 1. The van der Waals surface area contributed by atoms with Crippen LogP contribution < -0.4 is 10.2 Å². The van der Waals surface area contributed by atoms with Crippen molar-refractivity contribution in [1.82, 2.24) is 5.32 Å². The summed E-state index contributed by atoms with van der Waals surface area (Å²) >= 11 is 0. The van der Waals surface area contributed by atoms with Gasteiger partial charge in [-0.05, 0) is 57.4 Å². The summed E-state index contributed by atoms with van der Waals surface area (Å²) in [4.78, 5) is 13.9. The highest BCUT2D eigenvalue weighted by molar-refractivity contribution is 5.96. The van der Waals surface area contributed by atoms with Gasteiger partial charge < -0.3 is 10.2 Å². The van der Waals surface area contributed by atoms with E-state index in [2.05, 4.69) is 33.0 Å². The minimum Gasteiger partial charge on any atom is -0.312 e. The van der Waals surface area contributed by atoms with E-state index in [0.717, 1.165) is 17.8 Å². The maximum absolute atomic E-state index is 13.5. The molecule has 3 nitrogen and oxygen atoms in total. The maximum Gasteiger partial charge on any atom is 0.227 e. The highest BCUT2D eigenvalue weighted by Crippen LogP contribution is 2.29. The highest BCUT2D eigenvalue weighted by Gasteiger charge is 2.26. The van der Waals surface area contributed by atoms with Crippen LogP contribution in [-0.2, 0) is 11.2 Å². The molecule has 1 aromatic carbocycles. The van der Waals surface area contributed by atoms with Crippen molar-refractivity contribution in [2.75, 3.05) is 18.0 Å². The molecule has 0 saturated carbocycles. The van der Waals surface area contributed by atoms with Gasteiger partial charge in [-0.1, -0.05) is 13.0 Å². The van der Waals surface area contributed by atoms with E-state index < -0.39 is 0 Å². The van der Waals surface area contributed by atoms with Crippen LogP contribution in [0.15, 0.2) is 18.2 Å². The van der Waals surface area contributed by atoms with E-state index in [9.17, 15) is 9.18 Å². The fourth-order valence-electron chi connectivity index (χ4n) is 2.57. The topological polar surface area (TPSA) is 32.3 Å². The predicted molar refractivity (Wildman–Crippen MR) is 84.0 cm³/mol. The van der Waals surface area contributed by atoms with Crippen molar-refractivity contribution in [1.29, 1.82) is 0 Å². The van der Waals surface area contributed by atoms with Gasteiger partial charge in [0.2, 0.25) is 5.91 Å². The normalized spacial score (nSPS) is 16.8. The van der Waals surface area contributed by atoms with E-state index in [1.54, 1.807) is 11.0 Å². The van der Waals surface area contributed by atoms with Gasteiger partial charge >= 0.3 is 0 Å². The molecule has 0 saturated heterocycles. The van der Waals surface area contributed by atoms with Crippen LogP contribution in [-0.4, -0.2) is 24.5 Å². The molecule has 1 unspecified atom stereocenters. The Bertz CT molecular complexity index is 522. The van der Waals surface area contributed by atoms with Gasteiger partial charge in [-0.2, -0.15) is 0 Å². The number of hydrogen-bond donors (Lipinski definition) is 1. The zero-order valence-corrected chi connectivity index (χ0v) is 13.4. The summed E-state index contributed by atoms with van der Waals surface area (Å²) in [6.45, 7) is 9.93. The van der Waals surface area contributed by atoms with E-state index >= 15 is 0 Å². The molecule has 1 aliphatic rings. The number of nitrogens with one attached hydrogen (secondary N) is 1. The third-order valence-electron chi connectivity index (χ3n) is 3.72. The predicted octanol–water partition coefficient (Wildman–Crippen LogP) is 3.13. The summed E-state index contributed by atoms with van der Waals surface area (Å²) in [7, 11) is 0. The number of hydrogen-bond acceptors (Lipinski definition) is 2. The van der Waals surface area contributed by atoms with Crippen molar-refractivity contribution in [3.05, 3.63) is 29.6 Å². The fourth-order valence-corrected chi connectivity index (χ4v) is 2.57. The molecule has 0 fully saturated rings. The Morgan fingerprint density at radius 2 is 2.05 bits per heavy atom. The molecule has 1 aliphatic heterocycles. The smallest absolute Gasteiger partial charge is 0.227 e. The molecule has 0 bridgehead atoms. The summed E-state index contributed by atoms with van der Waals surface area (Å²) in [6, 6.07) is 4.75. The lowest BCUT2D eigenvalue weighted by Crippen LogP contribution is -2.44. The molecule has 1 amide bonds. The molecule has 1 heterocycles. The van der Waals surface area contributed by atoms with Crippen molar-refractivity contribution in [3.8, 4) is 0 Å². The Morgan fingerprint density at radius 3 is 2.71 bits per heavy atom. The van der Waals surface area contributed by atoms with Gasteiger partial charge in [0.15, 0.2) is 0 Å². The molecular weight excluding hydrogens is 267 g/mol. The molecule has 0 aromatic heterocycles. The molecule has 0 spiro atoms. The van der Waals surface area contributed by atoms with Crippen LogP contribution in [0, 0.1) is 11.7 Å². The quantitative estimate of drug-likeness (QED) is 0.924. The number of anilines is 1. The molecule has 21 heavy (non-hydrogen) atoms. The fraction of sp³-hybridized carbons (Fsp3) is 0.588. The van der Waals surface area contributed by atoms with Crippen LogP contribution in [0.2, 0.25) is 0 Å². The summed E-state index contributed by atoms with van der Waals surface area (Å²) in [6.07, 6.45) is 1.22. The lowest BCUT2D eigenvalue weighted by molar-refractivity contribution is -0.119. The Balaban J connectivity index is 2.09. The summed E-state index contributed by atoms with van der Waals surface area (Å²) in [5.74, 6) is 0.118. The molecule has 1 atom stereocenters. The van der Waals surface area contributed by atoms with E-state index in [1.165, 1.54) is 12.1 Å². The standard InChI is InChI=1S/C17H25FN2O/c1-12(10-19-17(2,3)4)11-20-15-9-14(18)7-5-13(15)6-8-16(20)21/h5,7,9,12,19H,6,8,10-11H2,1-4H3. The highest BCUT2D eigenvalue weighted by atomic mass is 19.1. The first-order valence-corrected chi connectivity index (χ1v) is 7.60. The first-order valence-electron chi connectivity index (χ1n) is 7.60. The Morgan fingerprint density at radius 1 is 1.33 bits per heavy atom. The maximum atomic E-state index is 13.5. The molecule has 2 rings (SSSR count). The molecule has 4 heteroatoms. The number of halogens is 1. The monoisotopic (exact) mass is 292 g/mol. The van der Waals surface area contributed by atoms with Gasteiger partial charge in [0.25, 0.3) is 0 Å². The lowest BCUT2D eigenvalue weighted by Gasteiger charge is -2.32. The second kappa shape index (κ2) is 6.14. The zero-order valence-electron chi connectivity index (χ0n) is 13.4. The Kier molecular flexibility index (Phi) is 4.67. The third kappa shape index (κ3) is 4.27. The van der Waals surface area contributed by atoms with Crippen LogP contribution in [0.3, 0.4) is 0 Å². The number of nitrogens with zero attached hydrogens (tertiary/aromatic N) is 1. The number of carbonyl (C=O) groups excluding carboxylic acids is 1. The van der Waals surface area contributed by atoms with Crippen molar-refractivity contribution >= 4 is 11.6 Å². The van der Waals surface area contributed by atoms with Gasteiger partial charge in [-0.3, -0.25) is 4.79 Å². The molecule has 0 aliphatic carbocycles. The van der Waals surface area contributed by atoms with E-state index in [0.29, 0.717) is 25.3 Å². The summed E-state index contributed by atoms with van der Waals surface area (Å²) in [5.41, 5.74) is 1.87. The average molecular weight is 292 g/mol. The van der Waals surface area contributed by atoms with Crippen LogP contribution >= 0.6 is 0 Å². The minimum absolute atomic E-state index is 0.0597. The van der Waals surface area contributed by atoms with Crippen LogP contribution in [0.1, 0.15) is 39.7 Å². The molecule has 1 aromatic rings. The third-order valence-corrected chi connectivity index (χ3v) is 3.72. The number of aryl methyl sites for hydroxylation is 1. The molecule has 116 valence electrons. The Hall–Kier alpha value is -1.42. The summed E-state index contributed by atoms with van der Waals surface area (Å²) in [5, 5.41) is 3.45. The SMILES string of the molecule is CC(CNC(C)(C)C)CN1C(=O)CCc2ccc(F)cc21. The van der Waals surface area contributed by atoms with E-state index in [1.807, 2.05) is 0 Å². The largest absolute Gasteiger partial charge is 0.312 e. The first-order chi connectivity index (χ1) is 9.76. The van der Waals surface area contributed by atoms with Gasteiger partial charge in [0.1, 0.15) is 5.82 Å². The summed E-state index contributed by atoms with van der Waals surface area (Å²) < 4.78 is 13.5. The number of carbonyl (C=O) groups is 1. The lowest BCUT2D eigenvalue weighted by atomic mass is 9.99. The van der Waals surface area contributed by atoms with Gasteiger partial charge in [-0.15, -0.1) is 0 Å². The van der Waals surface area contributed by atoms with Crippen molar-refractivity contribution < 1.29 is 9.18 Å².